The summed E-state index contributed by atoms with van der Waals surface area (Å²) in [6.45, 7) is 2.53. The molecule has 0 fully saturated rings. The maximum atomic E-state index is 12.0. The number of nitrogens with zero attached hydrogens (tertiary/aromatic N) is 1. The van der Waals surface area contributed by atoms with Crippen molar-refractivity contribution in [1.29, 1.82) is 0 Å². The molecule has 0 bridgehead atoms. The minimum Gasteiger partial charge on any atom is -0.481 e. The summed E-state index contributed by atoms with van der Waals surface area (Å²) in [4.78, 5) is 34.2. The van der Waals surface area contributed by atoms with E-state index in [0.29, 0.717) is 24.1 Å². The molecule has 7 heteroatoms. The van der Waals surface area contributed by atoms with Gasteiger partial charge in [0, 0.05) is 30.1 Å². The average molecular weight is 514 g/mol. The van der Waals surface area contributed by atoms with Crippen molar-refractivity contribution in [3.05, 3.63) is 101 Å². The lowest BCUT2D eigenvalue weighted by Gasteiger charge is -2.16. The van der Waals surface area contributed by atoms with Crippen LogP contribution in [0.2, 0.25) is 0 Å². The molecule has 4 rings (SSSR count). The van der Waals surface area contributed by atoms with Gasteiger partial charge in [-0.25, -0.2) is 4.79 Å². The van der Waals surface area contributed by atoms with Gasteiger partial charge in [-0.3, -0.25) is 4.79 Å². The van der Waals surface area contributed by atoms with Crippen LogP contribution in [-0.2, 0) is 16.2 Å². The van der Waals surface area contributed by atoms with E-state index in [1.165, 1.54) is 0 Å². The molecule has 0 spiro atoms. The van der Waals surface area contributed by atoms with Gasteiger partial charge in [-0.2, -0.15) is 4.89 Å². The summed E-state index contributed by atoms with van der Waals surface area (Å²) in [5.41, 5.74) is 3.71. The highest BCUT2D eigenvalue weighted by atomic mass is 17.2. The average Bonchev–Trinajstić information content (AvgIpc) is 3.30. The van der Waals surface area contributed by atoms with Crippen LogP contribution in [0.15, 0.2) is 79.0 Å². The van der Waals surface area contributed by atoms with E-state index in [0.717, 1.165) is 35.0 Å². The van der Waals surface area contributed by atoms with Crippen LogP contribution in [-0.4, -0.2) is 26.7 Å². The van der Waals surface area contributed by atoms with Gasteiger partial charge in [0.05, 0.1) is 5.56 Å². The van der Waals surface area contributed by atoms with Crippen molar-refractivity contribution in [2.45, 2.75) is 45.3 Å². The van der Waals surface area contributed by atoms with Gasteiger partial charge < -0.3 is 19.7 Å². The molecule has 1 atom stereocenters. The zero-order valence-electron chi connectivity index (χ0n) is 21.2. The molecule has 0 saturated carbocycles. The third kappa shape index (κ3) is 6.69. The fraction of sp³-hybridized carbons (Fsp3) is 0.226. The van der Waals surface area contributed by atoms with Gasteiger partial charge in [-0.05, 0) is 47.7 Å². The van der Waals surface area contributed by atoms with E-state index >= 15 is 0 Å². The molecule has 0 aliphatic heterocycles. The standard InChI is InChI=1S/C31H31NO6/c1-2-8-28(23-9-4-3-5-10-23)38-37-25-18-15-22(16-19-25)14-17-24-11-6-12-27-30(24)26(31(35)36)21-32(27)20-7-13-29(33)34/h3-6,9-12,14-19,21,28H,2,7-8,13,20H2,1H3,(H,33,34)(H,35,36)/b17-14+. The van der Waals surface area contributed by atoms with Crippen molar-refractivity contribution in [3.63, 3.8) is 0 Å². The molecule has 1 aromatic heterocycles. The number of aromatic nitrogens is 1. The summed E-state index contributed by atoms with van der Waals surface area (Å²) in [6, 6.07) is 23.1. The number of aliphatic carboxylic acids is 1. The fourth-order valence-electron chi connectivity index (χ4n) is 4.40. The molecule has 1 heterocycles. The molecular weight excluding hydrogens is 482 g/mol. The first kappa shape index (κ1) is 26.7. The van der Waals surface area contributed by atoms with E-state index in [1.54, 1.807) is 6.20 Å². The lowest BCUT2D eigenvalue weighted by atomic mass is 10.0. The minimum absolute atomic E-state index is 0.0257. The van der Waals surface area contributed by atoms with Crippen LogP contribution in [0.1, 0.15) is 65.8 Å². The van der Waals surface area contributed by atoms with Gasteiger partial charge in [-0.15, -0.1) is 0 Å². The first-order chi connectivity index (χ1) is 18.5. The van der Waals surface area contributed by atoms with Crippen LogP contribution < -0.4 is 4.89 Å². The molecule has 196 valence electrons. The number of carboxylic acid groups (broad SMARTS) is 2. The Morgan fingerprint density at radius 3 is 2.39 bits per heavy atom. The Morgan fingerprint density at radius 1 is 0.947 bits per heavy atom. The van der Waals surface area contributed by atoms with Crippen LogP contribution in [0.3, 0.4) is 0 Å². The molecule has 0 amide bonds. The monoisotopic (exact) mass is 513 g/mol. The van der Waals surface area contributed by atoms with Crippen molar-refractivity contribution in [3.8, 4) is 5.75 Å². The Balaban J connectivity index is 1.48. The second-order valence-electron chi connectivity index (χ2n) is 9.05. The van der Waals surface area contributed by atoms with Crippen molar-refractivity contribution in [1.82, 2.24) is 4.57 Å². The number of hydrogen-bond acceptors (Lipinski definition) is 4. The number of aromatic carboxylic acids is 1. The number of rotatable bonds is 13. The maximum absolute atomic E-state index is 12.0. The van der Waals surface area contributed by atoms with Gasteiger partial charge in [0.1, 0.15) is 6.10 Å². The second kappa shape index (κ2) is 12.7. The van der Waals surface area contributed by atoms with E-state index in [1.807, 2.05) is 89.5 Å². The Hall–Kier alpha value is -4.36. The highest BCUT2D eigenvalue weighted by molar-refractivity contribution is 6.07. The van der Waals surface area contributed by atoms with Crippen LogP contribution in [0.4, 0.5) is 0 Å². The van der Waals surface area contributed by atoms with Crippen molar-refractivity contribution >= 4 is 35.0 Å². The summed E-state index contributed by atoms with van der Waals surface area (Å²) in [5, 5.41) is 19.3. The molecule has 2 N–H and O–H groups in total. The smallest absolute Gasteiger partial charge is 0.337 e. The summed E-state index contributed by atoms with van der Waals surface area (Å²) < 4.78 is 1.81. The summed E-state index contributed by atoms with van der Waals surface area (Å²) in [6.07, 6.45) is 7.48. The molecule has 0 aliphatic carbocycles. The number of aryl methyl sites for hydroxylation is 1. The van der Waals surface area contributed by atoms with Gasteiger partial charge in [0.2, 0.25) is 0 Å². The van der Waals surface area contributed by atoms with Gasteiger partial charge in [-0.1, -0.05) is 80.1 Å². The fourth-order valence-corrected chi connectivity index (χ4v) is 4.40. The first-order valence-corrected chi connectivity index (χ1v) is 12.7. The predicted molar refractivity (Wildman–Crippen MR) is 147 cm³/mol. The Kier molecular flexibility index (Phi) is 8.95. The molecule has 1 unspecified atom stereocenters. The van der Waals surface area contributed by atoms with E-state index in [2.05, 4.69) is 6.92 Å². The predicted octanol–water partition coefficient (Wildman–Crippen LogP) is 7.23. The first-order valence-electron chi connectivity index (χ1n) is 12.7. The third-order valence-electron chi connectivity index (χ3n) is 6.28. The number of fused-ring (bicyclic) bond motifs is 1. The van der Waals surface area contributed by atoms with Gasteiger partial charge >= 0.3 is 11.9 Å². The maximum Gasteiger partial charge on any atom is 0.337 e. The van der Waals surface area contributed by atoms with Crippen LogP contribution in [0, 0.1) is 0 Å². The van der Waals surface area contributed by atoms with E-state index in [9.17, 15) is 14.7 Å². The number of carbonyl (C=O) groups is 2. The van der Waals surface area contributed by atoms with Crippen molar-refractivity contribution < 1.29 is 29.6 Å². The van der Waals surface area contributed by atoms with Crippen molar-refractivity contribution in [2.24, 2.45) is 0 Å². The van der Waals surface area contributed by atoms with Gasteiger partial charge in [0.25, 0.3) is 0 Å². The number of carboxylic acids is 2. The van der Waals surface area contributed by atoms with Crippen molar-refractivity contribution in [2.75, 3.05) is 0 Å². The van der Waals surface area contributed by atoms with E-state index in [-0.39, 0.29) is 18.1 Å². The number of benzene rings is 3. The Labute approximate surface area is 221 Å². The van der Waals surface area contributed by atoms with Crippen LogP contribution in [0.25, 0.3) is 23.1 Å². The van der Waals surface area contributed by atoms with Crippen LogP contribution >= 0.6 is 0 Å². The van der Waals surface area contributed by atoms with Crippen LogP contribution in [0.5, 0.6) is 5.75 Å². The Bertz CT molecular complexity index is 1410. The topological polar surface area (TPSA) is 98.0 Å². The third-order valence-corrected chi connectivity index (χ3v) is 6.28. The molecule has 4 aromatic rings. The van der Waals surface area contributed by atoms with E-state index in [4.69, 9.17) is 14.9 Å². The molecule has 0 radical (unpaired) electrons. The molecule has 3 aromatic carbocycles. The minimum atomic E-state index is -1.02. The molecule has 7 nitrogen and oxygen atoms in total. The largest absolute Gasteiger partial charge is 0.481 e. The zero-order chi connectivity index (χ0) is 26.9. The van der Waals surface area contributed by atoms with Gasteiger partial charge in [0.15, 0.2) is 5.75 Å². The quantitative estimate of drug-likeness (QED) is 0.111. The molecule has 0 aliphatic rings. The normalized spacial score (nSPS) is 12.1. The Morgan fingerprint density at radius 2 is 1.71 bits per heavy atom. The lowest BCUT2D eigenvalue weighted by molar-refractivity contribution is -0.249. The highest BCUT2D eigenvalue weighted by Crippen LogP contribution is 2.28. The molecular formula is C31H31NO6. The SMILES string of the molecule is CCCC(OOc1ccc(/C=C/c2cccc3c2c(C(=O)O)cn3CCCC(=O)O)cc1)c1ccccc1. The highest BCUT2D eigenvalue weighted by Gasteiger charge is 2.17. The molecule has 38 heavy (non-hydrogen) atoms. The summed E-state index contributed by atoms with van der Waals surface area (Å²) in [5.74, 6) is -1.30. The van der Waals surface area contributed by atoms with E-state index < -0.39 is 11.9 Å². The second-order valence-corrected chi connectivity index (χ2v) is 9.05. The summed E-state index contributed by atoms with van der Waals surface area (Å²) in [7, 11) is 0. The number of hydrogen-bond donors (Lipinski definition) is 2. The molecule has 0 saturated heterocycles. The lowest BCUT2D eigenvalue weighted by Crippen LogP contribution is -2.07. The zero-order valence-corrected chi connectivity index (χ0v) is 21.2. The summed E-state index contributed by atoms with van der Waals surface area (Å²) >= 11 is 0.